The Hall–Kier alpha value is -2.96. The molecule has 3 heterocycles. The van der Waals surface area contributed by atoms with Crippen LogP contribution in [0.4, 0.5) is 5.69 Å². The van der Waals surface area contributed by atoms with Gasteiger partial charge in [-0.1, -0.05) is 13.8 Å². The Morgan fingerprint density at radius 1 is 1.14 bits per heavy atom. The van der Waals surface area contributed by atoms with E-state index in [-0.39, 0.29) is 29.6 Å². The summed E-state index contributed by atoms with van der Waals surface area (Å²) >= 11 is 0. The van der Waals surface area contributed by atoms with E-state index < -0.39 is 12.1 Å². The van der Waals surface area contributed by atoms with Crippen LogP contribution in [0.1, 0.15) is 76.1 Å². The molecule has 7 nitrogen and oxygen atoms in total. The molecule has 188 valence electrons. The van der Waals surface area contributed by atoms with Gasteiger partial charge in [0.2, 0.25) is 5.91 Å². The summed E-state index contributed by atoms with van der Waals surface area (Å²) in [7, 11) is 0. The van der Waals surface area contributed by atoms with Crippen LogP contribution < -0.4 is 15.8 Å². The minimum absolute atomic E-state index is 0.0106. The van der Waals surface area contributed by atoms with E-state index in [1.54, 1.807) is 18.5 Å². The third-order valence-corrected chi connectivity index (χ3v) is 7.27. The zero-order valence-corrected chi connectivity index (χ0v) is 21.4. The third kappa shape index (κ3) is 6.38. The zero-order chi connectivity index (χ0) is 25.1. The van der Waals surface area contributed by atoms with Gasteiger partial charge in [0, 0.05) is 38.0 Å². The van der Waals surface area contributed by atoms with Gasteiger partial charge in [0.1, 0.15) is 11.8 Å². The first-order chi connectivity index (χ1) is 16.7. The maximum Gasteiger partial charge on any atom is 0.251 e. The highest BCUT2D eigenvalue weighted by molar-refractivity contribution is 5.82. The van der Waals surface area contributed by atoms with Crippen LogP contribution in [0.25, 0.3) is 0 Å². The standard InChI is InChI=1S/C28H38N4O3/c1-18(2)11-26(32-10-7-19(3)12-27(32)34)28(35)30-25(13-20(4)33)23-14-24(16-29-15-23)31-9-8-22(17-31)21-5-6-21/h7,10,12,14-16,18,21-22,25-26H,5-6,8-9,11,13,17H2,1-4H3,(H,30,35)/t22-,25-,26-/m0/s1. The number of nitrogens with one attached hydrogen (secondary N) is 1. The van der Waals surface area contributed by atoms with Crippen LogP contribution in [0.3, 0.4) is 0 Å². The Kier molecular flexibility index (Phi) is 7.72. The summed E-state index contributed by atoms with van der Waals surface area (Å²) < 4.78 is 1.50. The minimum Gasteiger partial charge on any atom is -0.370 e. The maximum atomic E-state index is 13.5. The van der Waals surface area contributed by atoms with Gasteiger partial charge in [-0.05, 0) is 80.5 Å². The second kappa shape index (κ2) is 10.8. The molecule has 35 heavy (non-hydrogen) atoms. The molecule has 1 saturated heterocycles. The van der Waals surface area contributed by atoms with Gasteiger partial charge in [-0.2, -0.15) is 0 Å². The molecule has 1 amide bonds. The number of nitrogens with zero attached hydrogens (tertiary/aromatic N) is 3. The van der Waals surface area contributed by atoms with Crippen molar-refractivity contribution in [1.29, 1.82) is 0 Å². The molecular weight excluding hydrogens is 440 g/mol. The second-order valence-electron chi connectivity index (χ2n) is 10.9. The van der Waals surface area contributed by atoms with Gasteiger partial charge in [0.25, 0.3) is 5.56 Å². The molecule has 0 radical (unpaired) electrons. The number of pyridine rings is 2. The van der Waals surface area contributed by atoms with E-state index in [9.17, 15) is 14.4 Å². The minimum atomic E-state index is -0.647. The zero-order valence-electron chi connectivity index (χ0n) is 21.4. The quantitative estimate of drug-likeness (QED) is 0.553. The van der Waals surface area contributed by atoms with Crippen LogP contribution in [0, 0.1) is 24.7 Å². The second-order valence-corrected chi connectivity index (χ2v) is 10.9. The molecule has 2 fully saturated rings. The van der Waals surface area contributed by atoms with Gasteiger partial charge >= 0.3 is 0 Å². The molecule has 0 unspecified atom stereocenters. The van der Waals surface area contributed by atoms with E-state index in [0.717, 1.165) is 41.7 Å². The van der Waals surface area contributed by atoms with Crippen LogP contribution in [0.2, 0.25) is 0 Å². The summed E-state index contributed by atoms with van der Waals surface area (Å²) in [6.07, 6.45) is 9.92. The normalized spacial score (nSPS) is 19.6. The number of aryl methyl sites for hydroxylation is 1. The van der Waals surface area contributed by atoms with E-state index in [0.29, 0.717) is 6.42 Å². The number of ketones is 1. The highest BCUT2D eigenvalue weighted by atomic mass is 16.2. The van der Waals surface area contributed by atoms with E-state index in [1.165, 1.54) is 30.8 Å². The lowest BCUT2D eigenvalue weighted by Gasteiger charge is -2.26. The monoisotopic (exact) mass is 478 g/mol. The van der Waals surface area contributed by atoms with Crippen LogP contribution in [-0.2, 0) is 9.59 Å². The van der Waals surface area contributed by atoms with Crippen LogP contribution in [0.5, 0.6) is 0 Å². The molecule has 1 aliphatic carbocycles. The van der Waals surface area contributed by atoms with Crippen LogP contribution >= 0.6 is 0 Å². The van der Waals surface area contributed by atoms with Crippen molar-refractivity contribution in [2.24, 2.45) is 17.8 Å². The van der Waals surface area contributed by atoms with Crippen molar-refractivity contribution in [3.8, 4) is 0 Å². The topological polar surface area (TPSA) is 84.3 Å². The SMILES string of the molecule is CC(=O)C[C@H](NC(=O)[C@H](CC(C)C)n1ccc(C)cc1=O)c1cncc(N2CC[C@H](C3CC3)C2)c1. The lowest BCUT2D eigenvalue weighted by Crippen LogP contribution is -2.40. The summed E-state index contributed by atoms with van der Waals surface area (Å²) in [6.45, 7) is 9.53. The van der Waals surface area contributed by atoms with Gasteiger partial charge < -0.3 is 14.8 Å². The lowest BCUT2D eigenvalue weighted by atomic mass is 9.99. The van der Waals surface area contributed by atoms with Crippen molar-refractivity contribution >= 4 is 17.4 Å². The van der Waals surface area contributed by atoms with Gasteiger partial charge in [-0.3, -0.25) is 19.4 Å². The van der Waals surface area contributed by atoms with Crippen LogP contribution in [0.15, 0.2) is 41.6 Å². The molecule has 1 N–H and O–H groups in total. The number of aromatic nitrogens is 2. The molecule has 1 saturated carbocycles. The Labute approximate surface area is 207 Å². The first-order valence-electron chi connectivity index (χ1n) is 12.9. The number of rotatable bonds is 10. The number of carbonyl (C=O) groups excluding carboxylic acids is 2. The number of hydrogen-bond acceptors (Lipinski definition) is 5. The van der Waals surface area contributed by atoms with E-state index in [4.69, 9.17) is 0 Å². The molecule has 3 atom stereocenters. The van der Waals surface area contributed by atoms with Crippen molar-refractivity contribution in [2.75, 3.05) is 18.0 Å². The van der Waals surface area contributed by atoms with E-state index >= 15 is 0 Å². The molecule has 4 rings (SSSR count). The van der Waals surface area contributed by atoms with Crippen molar-refractivity contribution in [3.63, 3.8) is 0 Å². The Balaban J connectivity index is 1.56. The fraction of sp³-hybridized carbons (Fsp3) is 0.571. The van der Waals surface area contributed by atoms with Crippen molar-refractivity contribution in [1.82, 2.24) is 14.9 Å². The fourth-order valence-electron chi connectivity index (χ4n) is 5.23. The smallest absolute Gasteiger partial charge is 0.251 e. The number of hydrogen-bond donors (Lipinski definition) is 1. The molecule has 2 aromatic rings. The maximum absolute atomic E-state index is 13.5. The fourth-order valence-corrected chi connectivity index (χ4v) is 5.23. The van der Waals surface area contributed by atoms with Crippen LogP contribution in [-0.4, -0.2) is 34.3 Å². The Bertz CT molecular complexity index is 1120. The molecular formula is C28H38N4O3. The first-order valence-corrected chi connectivity index (χ1v) is 12.9. The van der Waals surface area contributed by atoms with Gasteiger partial charge in [-0.15, -0.1) is 0 Å². The van der Waals surface area contributed by atoms with Gasteiger partial charge in [-0.25, -0.2) is 0 Å². The molecule has 2 aliphatic rings. The van der Waals surface area contributed by atoms with Gasteiger partial charge in [0.05, 0.1) is 17.9 Å². The molecule has 1 aliphatic heterocycles. The number of carbonyl (C=O) groups is 2. The predicted octanol–water partition coefficient (Wildman–Crippen LogP) is 4.21. The third-order valence-electron chi connectivity index (χ3n) is 7.27. The summed E-state index contributed by atoms with van der Waals surface area (Å²) in [4.78, 5) is 45.2. The van der Waals surface area contributed by atoms with Crippen molar-refractivity contribution in [3.05, 3.63) is 58.3 Å². The molecule has 7 heteroatoms. The number of amides is 1. The average molecular weight is 479 g/mol. The summed E-state index contributed by atoms with van der Waals surface area (Å²) in [5.74, 6) is 1.59. The molecule has 0 bridgehead atoms. The van der Waals surface area contributed by atoms with Gasteiger partial charge in [0.15, 0.2) is 0 Å². The summed E-state index contributed by atoms with van der Waals surface area (Å²) in [5.41, 5.74) is 2.53. The van der Waals surface area contributed by atoms with Crippen molar-refractivity contribution < 1.29 is 9.59 Å². The Morgan fingerprint density at radius 3 is 2.57 bits per heavy atom. The molecule has 2 aromatic heterocycles. The molecule has 0 spiro atoms. The summed E-state index contributed by atoms with van der Waals surface area (Å²) in [6, 6.07) is 4.31. The lowest BCUT2D eigenvalue weighted by molar-refractivity contribution is -0.126. The highest BCUT2D eigenvalue weighted by Gasteiger charge is 2.36. The Morgan fingerprint density at radius 2 is 1.91 bits per heavy atom. The number of anilines is 1. The molecule has 0 aromatic carbocycles. The summed E-state index contributed by atoms with van der Waals surface area (Å²) in [5, 5.41) is 3.09. The van der Waals surface area contributed by atoms with E-state index in [1.807, 2.05) is 33.0 Å². The van der Waals surface area contributed by atoms with Crippen molar-refractivity contribution in [2.45, 2.75) is 71.9 Å². The number of Topliss-reactive ketones (excluding diaryl/α,β-unsaturated/α-hetero) is 1. The predicted molar refractivity (Wildman–Crippen MR) is 137 cm³/mol. The van der Waals surface area contributed by atoms with E-state index in [2.05, 4.69) is 21.3 Å². The average Bonchev–Trinajstić information content (AvgIpc) is 3.53. The largest absolute Gasteiger partial charge is 0.370 e. The highest BCUT2D eigenvalue weighted by Crippen LogP contribution is 2.42. The first kappa shape index (κ1) is 25.1.